The van der Waals surface area contributed by atoms with Crippen LogP contribution >= 0.6 is 0 Å². The SMILES string of the molecule is CCCCCC[N+](C)(CC(O)CCCC)CC(O)CCCC. The standard InChI is InChI=1S/C19H42NO2/c1-5-8-11-12-15-20(4,16-18(21)13-9-6-2)17-19(22)14-10-7-3/h18-19,21-22H,5-17H2,1-4H3/q+1. The second-order valence-electron chi connectivity index (χ2n) is 7.36. The van der Waals surface area contributed by atoms with E-state index in [2.05, 4.69) is 27.8 Å². The molecular weight excluding hydrogens is 274 g/mol. The Labute approximate surface area is 139 Å². The van der Waals surface area contributed by atoms with Gasteiger partial charge in [-0.25, -0.2) is 0 Å². The molecule has 0 aliphatic carbocycles. The van der Waals surface area contributed by atoms with Crippen molar-refractivity contribution in [1.82, 2.24) is 0 Å². The van der Waals surface area contributed by atoms with E-state index in [0.717, 1.165) is 62.6 Å². The lowest BCUT2D eigenvalue weighted by atomic mass is 10.1. The molecule has 3 heteroatoms. The molecule has 0 radical (unpaired) electrons. The average molecular weight is 317 g/mol. The largest absolute Gasteiger partial charge is 0.387 e. The van der Waals surface area contributed by atoms with Gasteiger partial charge in [-0.05, 0) is 25.7 Å². The molecule has 0 rings (SSSR count). The van der Waals surface area contributed by atoms with E-state index >= 15 is 0 Å². The molecule has 0 saturated carbocycles. The first-order valence-electron chi connectivity index (χ1n) is 9.67. The van der Waals surface area contributed by atoms with Crippen LogP contribution in [0.5, 0.6) is 0 Å². The first-order chi connectivity index (χ1) is 10.5. The van der Waals surface area contributed by atoms with Crippen LogP contribution in [0.3, 0.4) is 0 Å². The number of aliphatic hydroxyl groups excluding tert-OH is 2. The van der Waals surface area contributed by atoms with Crippen LogP contribution in [-0.4, -0.2) is 53.6 Å². The van der Waals surface area contributed by atoms with Crippen molar-refractivity contribution >= 4 is 0 Å². The number of nitrogens with zero attached hydrogens (tertiary/aromatic N) is 1. The van der Waals surface area contributed by atoms with Crippen LogP contribution < -0.4 is 0 Å². The normalized spacial score (nSPS) is 17.2. The molecule has 0 bridgehead atoms. The third-order valence-electron chi connectivity index (χ3n) is 4.64. The van der Waals surface area contributed by atoms with E-state index < -0.39 is 0 Å². The molecule has 0 aromatic rings. The Balaban J connectivity index is 4.44. The first kappa shape index (κ1) is 21.9. The van der Waals surface area contributed by atoms with Crippen LogP contribution in [0.1, 0.15) is 85.0 Å². The fourth-order valence-electron chi connectivity index (χ4n) is 3.26. The Morgan fingerprint density at radius 3 is 1.55 bits per heavy atom. The summed E-state index contributed by atoms with van der Waals surface area (Å²) in [4.78, 5) is 0. The maximum Gasteiger partial charge on any atom is 0.105 e. The minimum Gasteiger partial charge on any atom is -0.387 e. The summed E-state index contributed by atoms with van der Waals surface area (Å²) in [6.45, 7) is 9.22. The number of hydrogen-bond donors (Lipinski definition) is 2. The molecule has 2 N–H and O–H groups in total. The Hall–Kier alpha value is -0.120. The third kappa shape index (κ3) is 11.4. The molecule has 0 aliphatic rings. The maximum atomic E-state index is 10.3. The lowest BCUT2D eigenvalue weighted by Crippen LogP contribution is -2.53. The minimum absolute atomic E-state index is 0.227. The van der Waals surface area contributed by atoms with Gasteiger partial charge in [0.15, 0.2) is 0 Å². The summed E-state index contributed by atoms with van der Waals surface area (Å²) >= 11 is 0. The van der Waals surface area contributed by atoms with Gasteiger partial charge in [0.2, 0.25) is 0 Å². The fraction of sp³-hybridized carbons (Fsp3) is 1.00. The van der Waals surface area contributed by atoms with Gasteiger partial charge in [0.05, 0.1) is 13.6 Å². The first-order valence-corrected chi connectivity index (χ1v) is 9.67. The Morgan fingerprint density at radius 1 is 0.682 bits per heavy atom. The van der Waals surface area contributed by atoms with Crippen molar-refractivity contribution in [2.45, 2.75) is 97.2 Å². The van der Waals surface area contributed by atoms with E-state index in [4.69, 9.17) is 0 Å². The van der Waals surface area contributed by atoms with Gasteiger partial charge in [0, 0.05) is 0 Å². The van der Waals surface area contributed by atoms with Gasteiger partial charge < -0.3 is 14.7 Å². The lowest BCUT2D eigenvalue weighted by Gasteiger charge is -2.38. The molecule has 2 atom stereocenters. The van der Waals surface area contributed by atoms with Gasteiger partial charge in [-0.1, -0.05) is 59.3 Å². The molecule has 0 saturated heterocycles. The van der Waals surface area contributed by atoms with Gasteiger partial charge in [-0.3, -0.25) is 0 Å². The molecule has 0 aliphatic heterocycles. The monoisotopic (exact) mass is 316 g/mol. The van der Waals surface area contributed by atoms with Crippen LogP contribution in [-0.2, 0) is 0 Å². The number of likely N-dealkylation sites (N-methyl/N-ethyl adjacent to an activating group) is 1. The van der Waals surface area contributed by atoms with Crippen molar-refractivity contribution in [3.05, 3.63) is 0 Å². The minimum atomic E-state index is -0.227. The van der Waals surface area contributed by atoms with Gasteiger partial charge in [-0.15, -0.1) is 0 Å². The van der Waals surface area contributed by atoms with Gasteiger partial charge in [-0.2, -0.15) is 0 Å². The van der Waals surface area contributed by atoms with Gasteiger partial charge >= 0.3 is 0 Å². The number of quaternary nitrogens is 1. The van der Waals surface area contributed by atoms with E-state index in [1.807, 2.05) is 0 Å². The molecule has 134 valence electrons. The molecule has 0 spiro atoms. The highest BCUT2D eigenvalue weighted by atomic mass is 16.3. The van der Waals surface area contributed by atoms with Crippen LogP contribution in [0.15, 0.2) is 0 Å². The van der Waals surface area contributed by atoms with Crippen LogP contribution in [0, 0.1) is 0 Å². The smallest absolute Gasteiger partial charge is 0.105 e. The van der Waals surface area contributed by atoms with E-state index in [9.17, 15) is 10.2 Å². The summed E-state index contributed by atoms with van der Waals surface area (Å²) in [6.07, 6.45) is 10.8. The zero-order valence-corrected chi connectivity index (χ0v) is 15.7. The van der Waals surface area contributed by atoms with Crippen molar-refractivity contribution < 1.29 is 14.7 Å². The summed E-state index contributed by atoms with van der Waals surface area (Å²) in [5, 5.41) is 20.6. The summed E-state index contributed by atoms with van der Waals surface area (Å²) in [5.41, 5.74) is 0. The highest BCUT2D eigenvalue weighted by molar-refractivity contribution is 4.60. The molecular formula is C19H42NO2+. The third-order valence-corrected chi connectivity index (χ3v) is 4.64. The molecule has 0 amide bonds. The molecule has 0 heterocycles. The topological polar surface area (TPSA) is 40.5 Å². The van der Waals surface area contributed by atoms with E-state index in [0.29, 0.717) is 0 Å². The predicted molar refractivity (Wildman–Crippen MR) is 96.0 cm³/mol. The van der Waals surface area contributed by atoms with Crippen LogP contribution in [0.25, 0.3) is 0 Å². The van der Waals surface area contributed by atoms with Crippen molar-refractivity contribution in [3.63, 3.8) is 0 Å². The van der Waals surface area contributed by atoms with Crippen LogP contribution in [0.4, 0.5) is 0 Å². The van der Waals surface area contributed by atoms with E-state index in [-0.39, 0.29) is 12.2 Å². The number of rotatable bonds is 15. The zero-order valence-electron chi connectivity index (χ0n) is 15.7. The summed E-state index contributed by atoms with van der Waals surface area (Å²) < 4.78 is 0.819. The summed E-state index contributed by atoms with van der Waals surface area (Å²) in [6, 6.07) is 0. The van der Waals surface area contributed by atoms with E-state index in [1.54, 1.807) is 0 Å². The maximum absolute atomic E-state index is 10.3. The number of hydrogen-bond acceptors (Lipinski definition) is 2. The fourth-order valence-corrected chi connectivity index (χ4v) is 3.26. The highest BCUT2D eigenvalue weighted by Gasteiger charge is 2.27. The Bertz CT molecular complexity index is 230. The zero-order chi connectivity index (χ0) is 16.8. The Kier molecular flexibility index (Phi) is 13.3. The summed E-state index contributed by atoms with van der Waals surface area (Å²) in [5.74, 6) is 0. The molecule has 0 fully saturated rings. The number of unbranched alkanes of at least 4 members (excludes halogenated alkanes) is 5. The predicted octanol–water partition coefficient (Wildman–Crippen LogP) is 4.12. The second-order valence-corrected chi connectivity index (χ2v) is 7.36. The van der Waals surface area contributed by atoms with Crippen molar-refractivity contribution in [2.24, 2.45) is 0 Å². The van der Waals surface area contributed by atoms with Gasteiger partial charge in [0.25, 0.3) is 0 Å². The molecule has 0 aromatic carbocycles. The van der Waals surface area contributed by atoms with Gasteiger partial charge in [0.1, 0.15) is 25.3 Å². The molecule has 2 unspecified atom stereocenters. The van der Waals surface area contributed by atoms with Crippen molar-refractivity contribution in [3.8, 4) is 0 Å². The second kappa shape index (κ2) is 13.3. The summed E-state index contributed by atoms with van der Waals surface area (Å²) in [7, 11) is 2.22. The van der Waals surface area contributed by atoms with Crippen molar-refractivity contribution in [1.29, 1.82) is 0 Å². The quantitative estimate of drug-likeness (QED) is 0.352. The lowest BCUT2D eigenvalue weighted by molar-refractivity contribution is -0.915. The molecule has 22 heavy (non-hydrogen) atoms. The average Bonchev–Trinajstić information content (AvgIpc) is 2.47. The highest BCUT2D eigenvalue weighted by Crippen LogP contribution is 2.15. The van der Waals surface area contributed by atoms with E-state index in [1.165, 1.54) is 25.7 Å². The Morgan fingerprint density at radius 2 is 1.14 bits per heavy atom. The number of aliphatic hydroxyl groups is 2. The molecule has 3 nitrogen and oxygen atoms in total. The van der Waals surface area contributed by atoms with Crippen molar-refractivity contribution in [2.75, 3.05) is 26.7 Å². The molecule has 0 aromatic heterocycles. The van der Waals surface area contributed by atoms with Crippen LogP contribution in [0.2, 0.25) is 0 Å².